The Balaban J connectivity index is 2.50. The molecule has 0 atom stereocenters. The van der Waals surface area contributed by atoms with Gasteiger partial charge in [0.2, 0.25) is 0 Å². The van der Waals surface area contributed by atoms with Gasteiger partial charge in [-0.25, -0.2) is 4.98 Å². The van der Waals surface area contributed by atoms with Crippen LogP contribution in [0.15, 0.2) is 18.2 Å². The van der Waals surface area contributed by atoms with Gasteiger partial charge >= 0.3 is 0 Å². The summed E-state index contributed by atoms with van der Waals surface area (Å²) in [6, 6.07) is 5.64. The SMILES string of the molecule is COc1cccc2[nH]c(CC(C)=O)nc12. The third-order valence-corrected chi connectivity index (χ3v) is 2.16. The second-order valence-corrected chi connectivity index (χ2v) is 3.42. The lowest BCUT2D eigenvalue weighted by atomic mass is 10.3. The number of ether oxygens (including phenoxy) is 1. The highest BCUT2D eigenvalue weighted by atomic mass is 16.5. The molecule has 0 saturated heterocycles. The van der Waals surface area contributed by atoms with Gasteiger partial charge in [-0.15, -0.1) is 0 Å². The quantitative estimate of drug-likeness (QED) is 0.827. The maximum absolute atomic E-state index is 11.0. The molecule has 0 aliphatic rings. The van der Waals surface area contributed by atoms with Gasteiger partial charge in [0.25, 0.3) is 0 Å². The summed E-state index contributed by atoms with van der Waals surface area (Å²) < 4.78 is 5.18. The van der Waals surface area contributed by atoms with Gasteiger partial charge in [-0.05, 0) is 19.1 Å². The minimum Gasteiger partial charge on any atom is -0.494 e. The number of Topliss-reactive ketones (excluding diaryl/α,β-unsaturated/α-hetero) is 1. The summed E-state index contributed by atoms with van der Waals surface area (Å²) in [4.78, 5) is 18.4. The van der Waals surface area contributed by atoms with E-state index < -0.39 is 0 Å². The van der Waals surface area contributed by atoms with Crippen molar-refractivity contribution in [3.63, 3.8) is 0 Å². The number of H-pyrrole nitrogens is 1. The van der Waals surface area contributed by atoms with E-state index >= 15 is 0 Å². The standard InChI is InChI=1S/C11H12N2O2/c1-7(14)6-10-12-8-4-3-5-9(15-2)11(8)13-10/h3-5H,6H2,1-2H3,(H,12,13). The molecule has 2 rings (SSSR count). The number of hydrogen-bond donors (Lipinski definition) is 1. The first-order chi connectivity index (χ1) is 7.20. The molecule has 4 heteroatoms. The monoisotopic (exact) mass is 204 g/mol. The van der Waals surface area contributed by atoms with Gasteiger partial charge < -0.3 is 9.72 Å². The van der Waals surface area contributed by atoms with Crippen LogP contribution in [-0.2, 0) is 11.2 Å². The number of benzene rings is 1. The summed E-state index contributed by atoms with van der Waals surface area (Å²) >= 11 is 0. The van der Waals surface area contributed by atoms with Crippen LogP contribution in [0.2, 0.25) is 0 Å². The fourth-order valence-electron chi connectivity index (χ4n) is 1.54. The number of fused-ring (bicyclic) bond motifs is 1. The molecule has 1 N–H and O–H groups in total. The molecule has 1 aromatic heterocycles. The zero-order valence-electron chi connectivity index (χ0n) is 8.70. The Morgan fingerprint density at radius 1 is 1.53 bits per heavy atom. The van der Waals surface area contributed by atoms with Crippen molar-refractivity contribution in [2.75, 3.05) is 7.11 Å². The van der Waals surface area contributed by atoms with Crippen molar-refractivity contribution in [1.29, 1.82) is 0 Å². The molecule has 0 saturated carbocycles. The van der Waals surface area contributed by atoms with Crippen LogP contribution in [0.3, 0.4) is 0 Å². The van der Waals surface area contributed by atoms with Gasteiger partial charge in [0, 0.05) is 0 Å². The summed E-state index contributed by atoms with van der Waals surface area (Å²) in [5.74, 6) is 1.49. The largest absolute Gasteiger partial charge is 0.494 e. The van der Waals surface area contributed by atoms with Crippen LogP contribution in [0.25, 0.3) is 11.0 Å². The first-order valence-electron chi connectivity index (χ1n) is 4.71. The number of rotatable bonds is 3. The molecule has 1 heterocycles. The lowest BCUT2D eigenvalue weighted by Gasteiger charge is -1.97. The van der Waals surface area contributed by atoms with Crippen LogP contribution in [0.1, 0.15) is 12.7 Å². The highest BCUT2D eigenvalue weighted by Gasteiger charge is 2.08. The Morgan fingerprint density at radius 2 is 2.33 bits per heavy atom. The fraction of sp³-hybridized carbons (Fsp3) is 0.273. The van der Waals surface area contributed by atoms with E-state index in [1.165, 1.54) is 0 Å². The van der Waals surface area contributed by atoms with Gasteiger partial charge in [-0.3, -0.25) is 4.79 Å². The predicted molar refractivity (Wildman–Crippen MR) is 57.0 cm³/mol. The van der Waals surface area contributed by atoms with Crippen molar-refractivity contribution in [3.05, 3.63) is 24.0 Å². The molecule has 1 aromatic carbocycles. The van der Waals surface area contributed by atoms with E-state index in [1.807, 2.05) is 18.2 Å². The van der Waals surface area contributed by atoms with E-state index in [-0.39, 0.29) is 5.78 Å². The number of nitrogens with one attached hydrogen (secondary N) is 1. The molecule has 0 aliphatic heterocycles. The predicted octanol–water partition coefficient (Wildman–Crippen LogP) is 1.70. The maximum Gasteiger partial charge on any atom is 0.146 e. The van der Waals surface area contributed by atoms with Gasteiger partial charge in [0.15, 0.2) is 0 Å². The third-order valence-electron chi connectivity index (χ3n) is 2.16. The number of carbonyl (C=O) groups excluding carboxylic acids is 1. The Bertz CT molecular complexity index is 502. The van der Waals surface area contributed by atoms with Crippen molar-refractivity contribution >= 4 is 16.8 Å². The Morgan fingerprint density at radius 3 is 3.00 bits per heavy atom. The summed E-state index contributed by atoms with van der Waals surface area (Å²) in [7, 11) is 1.61. The van der Waals surface area contributed by atoms with Gasteiger partial charge in [0.05, 0.1) is 19.0 Å². The summed E-state index contributed by atoms with van der Waals surface area (Å²) in [6.45, 7) is 1.55. The maximum atomic E-state index is 11.0. The topological polar surface area (TPSA) is 55.0 Å². The molecule has 0 unspecified atom stereocenters. The van der Waals surface area contributed by atoms with Crippen molar-refractivity contribution in [3.8, 4) is 5.75 Å². The molecule has 0 radical (unpaired) electrons. The summed E-state index contributed by atoms with van der Waals surface area (Å²) in [6.07, 6.45) is 0.331. The van der Waals surface area contributed by atoms with Gasteiger partial charge in [-0.1, -0.05) is 6.07 Å². The highest BCUT2D eigenvalue weighted by Crippen LogP contribution is 2.22. The lowest BCUT2D eigenvalue weighted by molar-refractivity contribution is -0.116. The van der Waals surface area contributed by atoms with E-state index in [2.05, 4.69) is 9.97 Å². The highest BCUT2D eigenvalue weighted by molar-refractivity contribution is 5.83. The molecule has 0 amide bonds. The van der Waals surface area contributed by atoms with Gasteiger partial charge in [-0.2, -0.15) is 0 Å². The molecule has 0 spiro atoms. The smallest absolute Gasteiger partial charge is 0.146 e. The van der Waals surface area contributed by atoms with Crippen molar-refractivity contribution in [1.82, 2.24) is 9.97 Å². The molecule has 2 aromatic rings. The number of aromatic amines is 1. The zero-order valence-corrected chi connectivity index (χ0v) is 8.70. The fourth-order valence-corrected chi connectivity index (χ4v) is 1.54. The zero-order chi connectivity index (χ0) is 10.8. The van der Waals surface area contributed by atoms with Crippen molar-refractivity contribution in [2.45, 2.75) is 13.3 Å². The Labute approximate surface area is 87.3 Å². The molecule has 0 fully saturated rings. The number of hydrogen-bond acceptors (Lipinski definition) is 3. The van der Waals surface area contributed by atoms with Crippen molar-refractivity contribution < 1.29 is 9.53 Å². The molecular weight excluding hydrogens is 192 g/mol. The Kier molecular flexibility index (Phi) is 2.41. The number of nitrogens with zero attached hydrogens (tertiary/aromatic N) is 1. The number of imidazole rings is 1. The number of carbonyl (C=O) groups is 1. The van der Waals surface area contributed by atoms with E-state index in [9.17, 15) is 4.79 Å². The summed E-state index contributed by atoms with van der Waals surface area (Å²) in [5, 5.41) is 0. The minimum absolute atomic E-state index is 0.0908. The van der Waals surface area contributed by atoms with E-state index in [0.29, 0.717) is 12.2 Å². The Hall–Kier alpha value is -1.84. The van der Waals surface area contributed by atoms with Crippen LogP contribution >= 0.6 is 0 Å². The van der Waals surface area contributed by atoms with Crippen LogP contribution in [0, 0.1) is 0 Å². The second-order valence-electron chi connectivity index (χ2n) is 3.42. The molecule has 78 valence electrons. The second kappa shape index (κ2) is 3.73. The molecule has 15 heavy (non-hydrogen) atoms. The van der Waals surface area contributed by atoms with Gasteiger partial charge in [0.1, 0.15) is 22.9 Å². The third kappa shape index (κ3) is 1.83. The minimum atomic E-state index is 0.0908. The lowest BCUT2D eigenvalue weighted by Crippen LogP contribution is -1.97. The molecule has 0 aliphatic carbocycles. The molecule has 4 nitrogen and oxygen atoms in total. The summed E-state index contributed by atoms with van der Waals surface area (Å²) in [5.41, 5.74) is 1.67. The normalized spacial score (nSPS) is 10.5. The number of para-hydroxylation sites is 1. The van der Waals surface area contributed by atoms with Crippen LogP contribution in [0.5, 0.6) is 5.75 Å². The van der Waals surface area contributed by atoms with Crippen LogP contribution in [0.4, 0.5) is 0 Å². The van der Waals surface area contributed by atoms with E-state index in [0.717, 1.165) is 16.8 Å². The molecule has 0 bridgehead atoms. The van der Waals surface area contributed by atoms with Crippen LogP contribution in [-0.4, -0.2) is 22.9 Å². The van der Waals surface area contributed by atoms with E-state index in [4.69, 9.17) is 4.74 Å². The average molecular weight is 204 g/mol. The number of aromatic nitrogens is 2. The average Bonchev–Trinajstić information content (AvgIpc) is 2.58. The van der Waals surface area contributed by atoms with E-state index in [1.54, 1.807) is 14.0 Å². The molecular formula is C11H12N2O2. The van der Waals surface area contributed by atoms with Crippen molar-refractivity contribution in [2.24, 2.45) is 0 Å². The first kappa shape index (κ1) is 9.71. The number of ketones is 1. The first-order valence-corrected chi connectivity index (χ1v) is 4.71. The number of methoxy groups -OCH3 is 1. The van der Waals surface area contributed by atoms with Crippen LogP contribution < -0.4 is 4.74 Å².